The molecule has 0 saturated carbocycles. The minimum atomic E-state index is 0. The molecule has 1 fully saturated rings. The lowest BCUT2D eigenvalue weighted by atomic mass is 10.0. The van der Waals surface area contributed by atoms with E-state index in [0.29, 0.717) is 12.0 Å². The van der Waals surface area contributed by atoms with E-state index in [9.17, 15) is 0 Å². The number of aliphatic imine (C=N–C) groups is 1. The topological polar surface area (TPSA) is 39.7 Å². The molecule has 0 spiro atoms. The van der Waals surface area contributed by atoms with Gasteiger partial charge in [0.05, 0.1) is 0 Å². The fourth-order valence-corrected chi connectivity index (χ4v) is 2.45. The number of guanidine groups is 1. The second-order valence-corrected chi connectivity index (χ2v) is 5.18. The van der Waals surface area contributed by atoms with E-state index >= 15 is 0 Å². The quantitative estimate of drug-likeness (QED) is 0.321. The van der Waals surface area contributed by atoms with Crippen LogP contribution in [0.15, 0.2) is 17.6 Å². The van der Waals surface area contributed by atoms with Crippen LogP contribution in [0, 0.1) is 5.92 Å². The SMILES string of the molecule is C=CCNC(=NC)NCC(C(C)C)N1CCCC1.I. The van der Waals surface area contributed by atoms with Gasteiger partial charge in [0.25, 0.3) is 0 Å². The molecular formula is C14H29IN4. The lowest BCUT2D eigenvalue weighted by molar-refractivity contribution is 0.192. The summed E-state index contributed by atoms with van der Waals surface area (Å²) in [5, 5.41) is 6.62. The predicted octanol–water partition coefficient (Wildman–Crippen LogP) is 2.08. The summed E-state index contributed by atoms with van der Waals surface area (Å²) in [7, 11) is 1.80. The fourth-order valence-electron chi connectivity index (χ4n) is 2.45. The van der Waals surface area contributed by atoms with E-state index in [1.165, 1.54) is 25.9 Å². The third kappa shape index (κ3) is 6.61. The zero-order valence-corrected chi connectivity index (χ0v) is 14.8. The molecule has 2 N–H and O–H groups in total. The van der Waals surface area contributed by atoms with Gasteiger partial charge in [-0.15, -0.1) is 30.6 Å². The van der Waals surface area contributed by atoms with Crippen LogP contribution in [0.25, 0.3) is 0 Å². The first-order valence-corrected chi connectivity index (χ1v) is 6.98. The highest BCUT2D eigenvalue weighted by molar-refractivity contribution is 14.0. The highest BCUT2D eigenvalue weighted by atomic mass is 127. The van der Waals surface area contributed by atoms with Gasteiger partial charge in [-0.1, -0.05) is 19.9 Å². The van der Waals surface area contributed by atoms with Crippen LogP contribution in [0.5, 0.6) is 0 Å². The van der Waals surface area contributed by atoms with Gasteiger partial charge in [-0.2, -0.15) is 0 Å². The maximum atomic E-state index is 4.21. The number of likely N-dealkylation sites (tertiary alicyclic amines) is 1. The lowest BCUT2D eigenvalue weighted by Crippen LogP contribution is -2.48. The molecule has 0 aliphatic carbocycles. The Balaban J connectivity index is 0.00000324. The molecule has 1 rings (SSSR count). The minimum Gasteiger partial charge on any atom is -0.355 e. The Labute approximate surface area is 135 Å². The van der Waals surface area contributed by atoms with Crippen LogP contribution in [0.2, 0.25) is 0 Å². The second kappa shape index (κ2) is 10.5. The molecule has 1 saturated heterocycles. The molecule has 0 aromatic carbocycles. The van der Waals surface area contributed by atoms with Crippen LogP contribution in [0.1, 0.15) is 26.7 Å². The number of nitrogens with zero attached hydrogens (tertiary/aromatic N) is 2. The largest absolute Gasteiger partial charge is 0.355 e. The maximum Gasteiger partial charge on any atom is 0.191 e. The normalized spacial score (nSPS) is 18.0. The number of halogens is 1. The average molecular weight is 380 g/mol. The van der Waals surface area contributed by atoms with Crippen LogP contribution < -0.4 is 10.6 Å². The maximum absolute atomic E-state index is 4.21. The van der Waals surface area contributed by atoms with Gasteiger partial charge in [-0.25, -0.2) is 0 Å². The van der Waals surface area contributed by atoms with Gasteiger partial charge in [-0.3, -0.25) is 9.89 Å². The van der Waals surface area contributed by atoms with E-state index in [4.69, 9.17) is 0 Å². The first-order chi connectivity index (χ1) is 8.69. The molecule has 4 nitrogen and oxygen atoms in total. The van der Waals surface area contributed by atoms with Gasteiger partial charge in [0.2, 0.25) is 0 Å². The smallest absolute Gasteiger partial charge is 0.191 e. The Morgan fingerprint density at radius 3 is 2.42 bits per heavy atom. The number of hydrogen-bond acceptors (Lipinski definition) is 2. The van der Waals surface area contributed by atoms with Gasteiger partial charge in [-0.05, 0) is 31.8 Å². The van der Waals surface area contributed by atoms with Crippen molar-refractivity contribution in [1.29, 1.82) is 0 Å². The van der Waals surface area contributed by atoms with Crippen molar-refractivity contribution in [3.63, 3.8) is 0 Å². The summed E-state index contributed by atoms with van der Waals surface area (Å²) in [6.45, 7) is 12.5. The molecule has 0 radical (unpaired) electrons. The summed E-state index contributed by atoms with van der Waals surface area (Å²) in [4.78, 5) is 6.81. The average Bonchev–Trinajstić information content (AvgIpc) is 2.86. The highest BCUT2D eigenvalue weighted by Crippen LogP contribution is 2.16. The van der Waals surface area contributed by atoms with Crippen molar-refractivity contribution in [3.8, 4) is 0 Å². The Hall–Kier alpha value is -0.300. The van der Waals surface area contributed by atoms with Gasteiger partial charge in [0.1, 0.15) is 0 Å². The van der Waals surface area contributed by atoms with Crippen LogP contribution in [0.4, 0.5) is 0 Å². The Morgan fingerprint density at radius 2 is 1.95 bits per heavy atom. The van der Waals surface area contributed by atoms with Gasteiger partial charge >= 0.3 is 0 Å². The first kappa shape index (κ1) is 18.7. The van der Waals surface area contributed by atoms with E-state index in [0.717, 1.165) is 19.0 Å². The summed E-state index contributed by atoms with van der Waals surface area (Å²) in [5.41, 5.74) is 0. The molecule has 0 amide bonds. The van der Waals surface area contributed by atoms with Crippen molar-refractivity contribution < 1.29 is 0 Å². The predicted molar refractivity (Wildman–Crippen MR) is 94.4 cm³/mol. The molecule has 1 unspecified atom stereocenters. The fraction of sp³-hybridized carbons (Fsp3) is 0.786. The first-order valence-electron chi connectivity index (χ1n) is 6.98. The third-order valence-corrected chi connectivity index (χ3v) is 3.50. The molecule has 1 atom stereocenters. The van der Waals surface area contributed by atoms with Crippen LogP contribution in [-0.2, 0) is 0 Å². The Morgan fingerprint density at radius 1 is 1.32 bits per heavy atom. The van der Waals surface area contributed by atoms with E-state index in [1.54, 1.807) is 7.05 Å². The molecular weight excluding hydrogens is 351 g/mol. The standard InChI is InChI=1S/C14H28N4.HI/c1-5-8-16-14(15-4)17-11-13(12(2)3)18-9-6-7-10-18;/h5,12-13H,1,6-11H2,2-4H3,(H2,15,16,17);1H. The van der Waals surface area contributed by atoms with Crippen molar-refractivity contribution in [1.82, 2.24) is 15.5 Å². The Kier molecular flexibility index (Phi) is 10.3. The molecule has 19 heavy (non-hydrogen) atoms. The van der Waals surface area contributed by atoms with Crippen molar-refractivity contribution in [2.75, 3.05) is 33.2 Å². The molecule has 0 aromatic heterocycles. The van der Waals surface area contributed by atoms with Crippen LogP contribution in [0.3, 0.4) is 0 Å². The molecule has 1 aliphatic heterocycles. The number of rotatable bonds is 6. The van der Waals surface area contributed by atoms with E-state index in [1.807, 2.05) is 6.08 Å². The monoisotopic (exact) mass is 380 g/mol. The summed E-state index contributed by atoms with van der Waals surface area (Å²) in [6, 6.07) is 0.592. The zero-order valence-electron chi connectivity index (χ0n) is 12.5. The Bertz CT molecular complexity index is 273. The van der Waals surface area contributed by atoms with Gasteiger partial charge < -0.3 is 10.6 Å². The summed E-state index contributed by atoms with van der Waals surface area (Å²) in [5.74, 6) is 1.52. The van der Waals surface area contributed by atoms with Crippen LogP contribution >= 0.6 is 24.0 Å². The van der Waals surface area contributed by atoms with Gasteiger partial charge in [0, 0.05) is 26.2 Å². The summed E-state index contributed by atoms with van der Waals surface area (Å²) < 4.78 is 0. The van der Waals surface area contributed by atoms with Crippen molar-refractivity contribution >= 4 is 29.9 Å². The third-order valence-electron chi connectivity index (χ3n) is 3.50. The molecule has 0 bridgehead atoms. The van der Waals surface area contributed by atoms with E-state index in [2.05, 4.69) is 41.0 Å². The minimum absolute atomic E-state index is 0. The molecule has 5 heteroatoms. The molecule has 112 valence electrons. The van der Waals surface area contributed by atoms with Crippen molar-refractivity contribution in [2.24, 2.45) is 10.9 Å². The lowest BCUT2D eigenvalue weighted by Gasteiger charge is -2.31. The van der Waals surface area contributed by atoms with Crippen LogP contribution in [-0.4, -0.2) is 50.1 Å². The second-order valence-electron chi connectivity index (χ2n) is 5.18. The molecule has 0 aromatic rings. The van der Waals surface area contributed by atoms with Gasteiger partial charge in [0.15, 0.2) is 5.96 Å². The van der Waals surface area contributed by atoms with E-state index in [-0.39, 0.29) is 24.0 Å². The summed E-state index contributed by atoms with van der Waals surface area (Å²) >= 11 is 0. The molecule has 1 aliphatic rings. The molecule has 1 heterocycles. The van der Waals surface area contributed by atoms with E-state index < -0.39 is 0 Å². The highest BCUT2D eigenvalue weighted by Gasteiger charge is 2.24. The summed E-state index contributed by atoms with van der Waals surface area (Å²) in [6.07, 6.45) is 4.52. The van der Waals surface area contributed by atoms with Crippen molar-refractivity contribution in [2.45, 2.75) is 32.7 Å². The van der Waals surface area contributed by atoms with Crippen molar-refractivity contribution in [3.05, 3.63) is 12.7 Å². The zero-order chi connectivity index (χ0) is 13.4. The number of nitrogens with one attached hydrogen (secondary N) is 2. The number of hydrogen-bond donors (Lipinski definition) is 2.